The van der Waals surface area contributed by atoms with Gasteiger partial charge in [-0.1, -0.05) is 18.2 Å². The standard InChI is InChI=1S/C12H16N2O/c1-2-6-11-10(5-1)12(15-14-11)9-4-3-7-13-8-9/h1-2,5-6,9,12-14H,3-4,7-8H2/t9-,12?/m0/s1. The predicted octanol–water partition coefficient (Wildman–Crippen LogP) is 2.08. The van der Waals surface area contributed by atoms with Gasteiger partial charge in [-0.3, -0.25) is 10.3 Å². The van der Waals surface area contributed by atoms with Crippen molar-refractivity contribution >= 4 is 5.69 Å². The highest BCUT2D eigenvalue weighted by molar-refractivity contribution is 5.53. The lowest BCUT2D eigenvalue weighted by molar-refractivity contribution is 0.0563. The van der Waals surface area contributed by atoms with Gasteiger partial charge in [-0.15, -0.1) is 0 Å². The van der Waals surface area contributed by atoms with E-state index >= 15 is 0 Å². The molecule has 2 heterocycles. The van der Waals surface area contributed by atoms with E-state index in [9.17, 15) is 0 Å². The zero-order chi connectivity index (χ0) is 10.1. The molecule has 1 aromatic carbocycles. The Morgan fingerprint density at radius 2 is 2.20 bits per heavy atom. The van der Waals surface area contributed by atoms with Crippen LogP contribution in [-0.2, 0) is 4.84 Å². The molecule has 0 spiro atoms. The second kappa shape index (κ2) is 3.83. The van der Waals surface area contributed by atoms with Crippen molar-refractivity contribution in [3.63, 3.8) is 0 Å². The average Bonchev–Trinajstić information content (AvgIpc) is 2.74. The van der Waals surface area contributed by atoms with Crippen molar-refractivity contribution in [1.29, 1.82) is 0 Å². The minimum Gasteiger partial charge on any atom is -0.316 e. The van der Waals surface area contributed by atoms with Gasteiger partial charge in [-0.2, -0.15) is 0 Å². The van der Waals surface area contributed by atoms with Gasteiger partial charge in [0.25, 0.3) is 0 Å². The quantitative estimate of drug-likeness (QED) is 0.735. The molecule has 1 fully saturated rings. The molecule has 2 aliphatic heterocycles. The molecule has 1 aromatic rings. The Balaban J connectivity index is 1.83. The van der Waals surface area contributed by atoms with Crippen LogP contribution < -0.4 is 10.8 Å². The molecule has 2 atom stereocenters. The molecule has 0 bridgehead atoms. The maximum absolute atomic E-state index is 5.67. The maximum Gasteiger partial charge on any atom is 0.116 e. The van der Waals surface area contributed by atoms with Crippen molar-refractivity contribution in [3.8, 4) is 0 Å². The van der Waals surface area contributed by atoms with Gasteiger partial charge < -0.3 is 5.32 Å². The SMILES string of the molecule is c1ccc2c(c1)NOC2[C@H]1CCCNC1. The summed E-state index contributed by atoms with van der Waals surface area (Å²) in [7, 11) is 0. The molecule has 1 saturated heterocycles. The highest BCUT2D eigenvalue weighted by Crippen LogP contribution is 2.39. The first-order chi connectivity index (χ1) is 7.45. The Labute approximate surface area is 89.8 Å². The third kappa shape index (κ3) is 1.62. The van der Waals surface area contributed by atoms with Crippen LogP contribution in [0.3, 0.4) is 0 Å². The molecule has 2 aliphatic rings. The van der Waals surface area contributed by atoms with Crippen LogP contribution in [0.15, 0.2) is 24.3 Å². The fourth-order valence-electron chi connectivity index (χ4n) is 2.52. The summed E-state index contributed by atoms with van der Waals surface area (Å²) in [6.07, 6.45) is 2.74. The van der Waals surface area contributed by atoms with E-state index in [0.29, 0.717) is 5.92 Å². The molecule has 2 N–H and O–H groups in total. The highest BCUT2D eigenvalue weighted by atomic mass is 16.7. The van der Waals surface area contributed by atoms with E-state index in [1.165, 1.54) is 18.4 Å². The summed E-state index contributed by atoms with van der Waals surface area (Å²) in [5, 5.41) is 3.43. The number of anilines is 1. The molecule has 3 nitrogen and oxygen atoms in total. The summed E-state index contributed by atoms with van der Waals surface area (Å²) in [6.45, 7) is 2.22. The second-order valence-electron chi connectivity index (χ2n) is 4.33. The lowest BCUT2D eigenvalue weighted by Gasteiger charge is -2.26. The van der Waals surface area contributed by atoms with Gasteiger partial charge in [-0.25, -0.2) is 0 Å². The van der Waals surface area contributed by atoms with Crippen molar-refractivity contribution in [2.45, 2.75) is 18.9 Å². The van der Waals surface area contributed by atoms with E-state index in [1.54, 1.807) is 0 Å². The van der Waals surface area contributed by atoms with Crippen molar-refractivity contribution in [2.75, 3.05) is 18.6 Å². The van der Waals surface area contributed by atoms with Crippen LogP contribution in [0.25, 0.3) is 0 Å². The van der Waals surface area contributed by atoms with Crippen LogP contribution in [-0.4, -0.2) is 13.1 Å². The number of nitrogens with one attached hydrogen (secondary N) is 2. The van der Waals surface area contributed by atoms with Crippen molar-refractivity contribution < 1.29 is 4.84 Å². The van der Waals surface area contributed by atoms with Crippen LogP contribution in [0.4, 0.5) is 5.69 Å². The summed E-state index contributed by atoms with van der Waals surface area (Å²) in [5.74, 6) is 0.606. The highest BCUT2D eigenvalue weighted by Gasteiger charge is 2.31. The molecule has 80 valence electrons. The molecule has 0 radical (unpaired) electrons. The first-order valence-electron chi connectivity index (χ1n) is 5.66. The third-order valence-electron chi connectivity index (χ3n) is 3.33. The van der Waals surface area contributed by atoms with Crippen LogP contribution in [0.5, 0.6) is 0 Å². The fraction of sp³-hybridized carbons (Fsp3) is 0.500. The van der Waals surface area contributed by atoms with Crippen LogP contribution >= 0.6 is 0 Å². The maximum atomic E-state index is 5.67. The molecule has 0 aliphatic carbocycles. The first-order valence-corrected chi connectivity index (χ1v) is 5.66. The van der Waals surface area contributed by atoms with Crippen molar-refractivity contribution in [2.24, 2.45) is 5.92 Å². The van der Waals surface area contributed by atoms with Crippen LogP contribution in [0.1, 0.15) is 24.5 Å². The van der Waals surface area contributed by atoms with E-state index in [1.807, 2.05) is 6.07 Å². The summed E-state index contributed by atoms with van der Waals surface area (Å²) in [6, 6.07) is 8.36. The number of fused-ring (bicyclic) bond motifs is 1. The van der Waals surface area contributed by atoms with Gasteiger partial charge in [0.15, 0.2) is 0 Å². The zero-order valence-corrected chi connectivity index (χ0v) is 8.70. The summed E-state index contributed by atoms with van der Waals surface area (Å²) in [5.41, 5.74) is 5.46. The number of piperidine rings is 1. The number of hydrogen-bond donors (Lipinski definition) is 2. The second-order valence-corrected chi connectivity index (χ2v) is 4.33. The Hall–Kier alpha value is -1.06. The number of rotatable bonds is 1. The molecule has 0 saturated carbocycles. The van der Waals surface area contributed by atoms with Gasteiger partial charge in [0.2, 0.25) is 0 Å². The normalized spacial score (nSPS) is 29.6. The predicted molar refractivity (Wildman–Crippen MR) is 59.5 cm³/mol. The van der Waals surface area contributed by atoms with Crippen LogP contribution in [0, 0.1) is 5.92 Å². The third-order valence-corrected chi connectivity index (χ3v) is 3.33. The average molecular weight is 204 g/mol. The topological polar surface area (TPSA) is 33.3 Å². The van der Waals surface area contributed by atoms with Gasteiger partial charge >= 0.3 is 0 Å². The van der Waals surface area contributed by atoms with E-state index in [2.05, 4.69) is 29.0 Å². The molecule has 1 unspecified atom stereocenters. The summed E-state index contributed by atoms with van der Waals surface area (Å²) in [4.78, 5) is 5.67. The van der Waals surface area contributed by atoms with E-state index in [0.717, 1.165) is 18.8 Å². The largest absolute Gasteiger partial charge is 0.316 e. The van der Waals surface area contributed by atoms with Gasteiger partial charge in [0.1, 0.15) is 6.10 Å². The monoisotopic (exact) mass is 204 g/mol. The van der Waals surface area contributed by atoms with Crippen LogP contribution in [0.2, 0.25) is 0 Å². The summed E-state index contributed by atoms with van der Waals surface area (Å²) >= 11 is 0. The smallest absolute Gasteiger partial charge is 0.116 e. The lowest BCUT2D eigenvalue weighted by Crippen LogP contribution is -2.33. The Kier molecular flexibility index (Phi) is 2.35. The molecule has 3 heteroatoms. The van der Waals surface area contributed by atoms with Crippen molar-refractivity contribution in [1.82, 2.24) is 5.32 Å². The molecule has 0 aromatic heterocycles. The Morgan fingerprint density at radius 1 is 1.27 bits per heavy atom. The number of hydrogen-bond acceptors (Lipinski definition) is 3. The van der Waals surface area contributed by atoms with E-state index in [4.69, 9.17) is 4.84 Å². The number of benzene rings is 1. The number of para-hydroxylation sites is 1. The fourth-order valence-corrected chi connectivity index (χ4v) is 2.52. The lowest BCUT2D eigenvalue weighted by atomic mass is 9.89. The van der Waals surface area contributed by atoms with E-state index in [-0.39, 0.29) is 6.10 Å². The zero-order valence-electron chi connectivity index (χ0n) is 8.70. The Bertz CT molecular complexity index is 347. The molecular weight excluding hydrogens is 188 g/mol. The first kappa shape index (κ1) is 9.19. The summed E-state index contributed by atoms with van der Waals surface area (Å²) < 4.78 is 0. The molecular formula is C12H16N2O. The Morgan fingerprint density at radius 3 is 3.07 bits per heavy atom. The van der Waals surface area contributed by atoms with Gasteiger partial charge in [-0.05, 0) is 25.5 Å². The van der Waals surface area contributed by atoms with E-state index < -0.39 is 0 Å². The molecule has 0 amide bonds. The van der Waals surface area contributed by atoms with Crippen molar-refractivity contribution in [3.05, 3.63) is 29.8 Å². The molecule has 3 rings (SSSR count). The van der Waals surface area contributed by atoms with Gasteiger partial charge in [0, 0.05) is 18.0 Å². The molecule has 15 heavy (non-hydrogen) atoms. The minimum absolute atomic E-state index is 0.231. The van der Waals surface area contributed by atoms with Gasteiger partial charge in [0.05, 0.1) is 5.69 Å². The minimum atomic E-state index is 0.231.